The van der Waals surface area contributed by atoms with Gasteiger partial charge in [-0.15, -0.1) is 0 Å². The second-order valence-electron chi connectivity index (χ2n) is 6.59. The zero-order valence-corrected chi connectivity index (χ0v) is 16.0. The van der Waals surface area contributed by atoms with Gasteiger partial charge in [-0.3, -0.25) is 0 Å². The summed E-state index contributed by atoms with van der Waals surface area (Å²) in [6.07, 6.45) is 0. The third-order valence-electron chi connectivity index (χ3n) is 4.62. The molecule has 0 fully saturated rings. The van der Waals surface area contributed by atoms with Crippen molar-refractivity contribution in [2.24, 2.45) is 0 Å². The fraction of sp³-hybridized carbons (Fsp3) is 0. The van der Waals surface area contributed by atoms with Crippen LogP contribution in [0, 0.1) is 0 Å². The molecule has 0 nitrogen and oxygen atoms in total. The third kappa shape index (κ3) is 4.63. The number of hydrogen-bond donors (Lipinski definition) is 0. The van der Waals surface area contributed by atoms with Gasteiger partial charge in [-0.1, -0.05) is 133 Å². The highest BCUT2D eigenvalue weighted by Crippen LogP contribution is 2.23. The van der Waals surface area contributed by atoms with Crippen LogP contribution in [-0.2, 0) is 0 Å². The van der Waals surface area contributed by atoms with Crippen LogP contribution in [0.25, 0.3) is 11.1 Å². The summed E-state index contributed by atoms with van der Waals surface area (Å²) in [6, 6.07) is 41.2. The Morgan fingerprint density at radius 1 is 0.345 bits per heavy atom. The molecule has 0 aliphatic carbocycles. The Morgan fingerprint density at radius 2 is 0.586 bits per heavy atom. The van der Waals surface area contributed by atoms with Gasteiger partial charge in [-0.2, -0.15) is 0 Å². The van der Waals surface area contributed by atoms with Gasteiger partial charge in [0, 0.05) is 11.1 Å². The van der Waals surface area contributed by atoms with Crippen molar-refractivity contribution in [1.29, 1.82) is 0 Å². The lowest BCUT2D eigenvalue weighted by Gasteiger charge is -2.05. The average Bonchev–Trinajstić information content (AvgIpc) is 2.81. The highest BCUT2D eigenvalue weighted by atomic mass is 14.1. The van der Waals surface area contributed by atoms with Gasteiger partial charge in [0.05, 0.1) is 0 Å². The summed E-state index contributed by atoms with van der Waals surface area (Å²) < 4.78 is 0. The monoisotopic (exact) mass is 368 g/mol. The molecule has 136 valence electrons. The van der Waals surface area contributed by atoms with Crippen LogP contribution in [0.4, 0.5) is 0 Å². The van der Waals surface area contributed by atoms with Crippen LogP contribution < -0.4 is 0 Å². The summed E-state index contributed by atoms with van der Waals surface area (Å²) in [6.45, 7) is 0. The lowest BCUT2D eigenvalue weighted by atomic mass is 9.98. The molecule has 0 heteroatoms. The van der Waals surface area contributed by atoms with E-state index in [1.54, 1.807) is 0 Å². The first-order valence-corrected chi connectivity index (χ1v) is 9.64. The van der Waals surface area contributed by atoms with Gasteiger partial charge in [0.25, 0.3) is 0 Å². The molecule has 4 rings (SSSR count). The zero-order chi connectivity index (χ0) is 19.7. The fourth-order valence-electron chi connectivity index (χ4n) is 3.20. The Hall–Kier alpha value is -4.04. The summed E-state index contributed by atoms with van der Waals surface area (Å²) in [5, 5.41) is 0. The van der Waals surface area contributed by atoms with Crippen LogP contribution >= 0.6 is 0 Å². The average molecular weight is 368 g/mol. The molecule has 0 saturated carbocycles. The van der Waals surface area contributed by atoms with Crippen LogP contribution in [0.2, 0.25) is 0 Å². The van der Waals surface area contributed by atoms with E-state index in [9.17, 15) is 0 Å². The molecule has 0 atom stereocenters. The molecule has 0 radical (unpaired) electrons. The minimum atomic E-state index is 0.999. The molecule has 0 aromatic heterocycles. The predicted octanol–water partition coefficient (Wildman–Crippen LogP) is 7.16. The maximum atomic E-state index is 3.36. The normalized spacial score (nSPS) is 9.66. The van der Waals surface area contributed by atoms with Gasteiger partial charge in [0.1, 0.15) is 0 Å². The molecule has 0 N–H and O–H groups in total. The second-order valence-corrected chi connectivity index (χ2v) is 6.59. The smallest absolute Gasteiger partial charge is 0.0400 e. The highest BCUT2D eigenvalue weighted by molar-refractivity contribution is 5.81. The maximum absolute atomic E-state index is 3.36. The summed E-state index contributed by atoms with van der Waals surface area (Å²) in [5.74, 6) is 0. The van der Waals surface area contributed by atoms with E-state index in [2.05, 4.69) is 65.7 Å². The molecule has 0 bridgehead atoms. The van der Waals surface area contributed by atoms with E-state index in [1.807, 2.05) is 72.8 Å². The van der Waals surface area contributed by atoms with Crippen molar-refractivity contribution in [3.05, 3.63) is 161 Å². The van der Waals surface area contributed by atoms with Crippen LogP contribution in [0.15, 0.2) is 139 Å². The van der Waals surface area contributed by atoms with Crippen molar-refractivity contribution in [3.63, 3.8) is 0 Å². The maximum Gasteiger partial charge on any atom is 0.0400 e. The zero-order valence-electron chi connectivity index (χ0n) is 16.0. The Morgan fingerprint density at radius 3 is 0.828 bits per heavy atom. The van der Waals surface area contributed by atoms with E-state index in [0.29, 0.717) is 0 Å². The van der Waals surface area contributed by atoms with Gasteiger partial charge in [0.15, 0.2) is 0 Å². The topological polar surface area (TPSA) is 0 Å². The summed E-state index contributed by atoms with van der Waals surface area (Å²) in [5.41, 5.74) is 16.3. The van der Waals surface area contributed by atoms with Crippen molar-refractivity contribution < 1.29 is 0 Å². The number of rotatable bonds is 4. The standard InChI is InChI=1S/C29H20/c1-5-14-24(15-6-1)28(25-16-7-2-8-17-25)22-13-23-29(26-18-9-3-10-19-26)27-20-11-4-12-21-27/h1-12,14-21H. The van der Waals surface area contributed by atoms with Crippen LogP contribution in [0.3, 0.4) is 0 Å². The Balaban J connectivity index is 1.97. The molecular weight excluding hydrogens is 348 g/mol. The minimum Gasteiger partial charge on any atom is -0.0622 e. The summed E-state index contributed by atoms with van der Waals surface area (Å²) in [7, 11) is 0. The molecule has 0 aliphatic heterocycles. The van der Waals surface area contributed by atoms with E-state index >= 15 is 0 Å². The molecule has 0 spiro atoms. The Kier molecular flexibility index (Phi) is 5.84. The summed E-state index contributed by atoms with van der Waals surface area (Å²) in [4.78, 5) is 0. The molecule has 4 aromatic rings. The van der Waals surface area contributed by atoms with Gasteiger partial charge in [-0.25, -0.2) is 0 Å². The fourth-order valence-corrected chi connectivity index (χ4v) is 3.20. The van der Waals surface area contributed by atoms with E-state index in [4.69, 9.17) is 0 Å². The van der Waals surface area contributed by atoms with Crippen LogP contribution in [0.5, 0.6) is 0 Å². The van der Waals surface area contributed by atoms with E-state index in [-0.39, 0.29) is 0 Å². The first-order valence-electron chi connectivity index (χ1n) is 9.64. The quantitative estimate of drug-likeness (QED) is 0.335. The minimum absolute atomic E-state index is 0.999. The third-order valence-corrected chi connectivity index (χ3v) is 4.62. The van der Waals surface area contributed by atoms with Crippen molar-refractivity contribution in [3.8, 4) is 0 Å². The molecule has 29 heavy (non-hydrogen) atoms. The SMILES string of the molecule is C(=C=C(c1ccccc1)c1ccccc1)=C=C(c1ccccc1)c1ccccc1. The van der Waals surface area contributed by atoms with Crippen molar-refractivity contribution in [2.45, 2.75) is 0 Å². The number of benzene rings is 4. The predicted molar refractivity (Wildman–Crippen MR) is 121 cm³/mol. The van der Waals surface area contributed by atoms with Gasteiger partial charge >= 0.3 is 0 Å². The Labute approximate surface area is 172 Å². The molecule has 0 saturated heterocycles. The molecule has 0 amide bonds. The van der Waals surface area contributed by atoms with Crippen LogP contribution in [-0.4, -0.2) is 0 Å². The molecule has 0 heterocycles. The second kappa shape index (κ2) is 9.25. The van der Waals surface area contributed by atoms with E-state index in [1.165, 1.54) is 0 Å². The van der Waals surface area contributed by atoms with Crippen molar-refractivity contribution in [2.75, 3.05) is 0 Å². The van der Waals surface area contributed by atoms with Gasteiger partial charge in [0.2, 0.25) is 0 Å². The molecule has 0 unspecified atom stereocenters. The molecule has 4 aromatic carbocycles. The number of hydrogen-bond acceptors (Lipinski definition) is 0. The first kappa shape index (κ1) is 18.3. The van der Waals surface area contributed by atoms with Crippen molar-refractivity contribution in [1.82, 2.24) is 0 Å². The highest BCUT2D eigenvalue weighted by Gasteiger charge is 2.04. The molecular formula is C29H20. The summed E-state index contributed by atoms with van der Waals surface area (Å²) >= 11 is 0. The van der Waals surface area contributed by atoms with Crippen molar-refractivity contribution >= 4 is 11.1 Å². The van der Waals surface area contributed by atoms with Gasteiger partial charge in [-0.05, 0) is 28.0 Å². The largest absolute Gasteiger partial charge is 0.0622 e. The van der Waals surface area contributed by atoms with Gasteiger partial charge < -0.3 is 0 Å². The first-order chi connectivity index (χ1) is 14.4. The van der Waals surface area contributed by atoms with E-state index in [0.717, 1.165) is 33.4 Å². The Bertz CT molecular complexity index is 1020. The lowest BCUT2D eigenvalue weighted by Crippen LogP contribution is -1.86. The van der Waals surface area contributed by atoms with E-state index < -0.39 is 0 Å². The van der Waals surface area contributed by atoms with Crippen LogP contribution in [0.1, 0.15) is 22.3 Å². The molecule has 0 aliphatic rings. The lowest BCUT2D eigenvalue weighted by molar-refractivity contribution is 1.55.